The zero-order chi connectivity index (χ0) is 10.0. The van der Waals surface area contributed by atoms with E-state index < -0.39 is 6.10 Å². The molecule has 1 heterocycles. The number of hydrogen-bond acceptors (Lipinski definition) is 2. The molecule has 1 aliphatic rings. The van der Waals surface area contributed by atoms with E-state index in [0.717, 1.165) is 0 Å². The minimum atomic E-state index is -0.417. The van der Waals surface area contributed by atoms with Crippen molar-refractivity contribution in [3.8, 4) is 12.3 Å². The van der Waals surface area contributed by atoms with Crippen molar-refractivity contribution in [1.29, 1.82) is 0 Å². The second-order valence-corrected chi connectivity index (χ2v) is 3.96. The van der Waals surface area contributed by atoms with Crippen LogP contribution in [0.5, 0.6) is 0 Å². The molecule has 1 fully saturated rings. The molecule has 0 spiro atoms. The Labute approximate surface area is 80.3 Å². The van der Waals surface area contributed by atoms with Crippen molar-refractivity contribution in [2.75, 3.05) is 0 Å². The molecule has 0 aromatic carbocycles. The fraction of sp³-hybridized carbons (Fsp3) is 0.818. The van der Waals surface area contributed by atoms with Crippen molar-refractivity contribution in [2.24, 2.45) is 11.8 Å². The zero-order valence-electron chi connectivity index (χ0n) is 8.53. The molecule has 1 saturated heterocycles. The Bertz CT molecular complexity index is 207. The maximum Gasteiger partial charge on any atom is 0.0705 e. The number of rotatable bonds is 2. The molecule has 2 nitrogen and oxygen atoms in total. The first kappa shape index (κ1) is 10.6. The van der Waals surface area contributed by atoms with Gasteiger partial charge in [-0.3, -0.25) is 0 Å². The van der Waals surface area contributed by atoms with E-state index in [9.17, 15) is 5.11 Å². The van der Waals surface area contributed by atoms with E-state index >= 15 is 0 Å². The standard InChI is InChI=1S/C11H18O2/c1-5-6-10(12)11-7(2)8(3)13-9(11)4/h1,7-12H,6H2,2-4H3. The summed E-state index contributed by atoms with van der Waals surface area (Å²) >= 11 is 0. The van der Waals surface area contributed by atoms with E-state index in [-0.39, 0.29) is 18.1 Å². The number of ether oxygens (including phenoxy) is 1. The maximum absolute atomic E-state index is 9.79. The van der Waals surface area contributed by atoms with Crippen molar-refractivity contribution in [3.63, 3.8) is 0 Å². The van der Waals surface area contributed by atoms with Gasteiger partial charge in [0.25, 0.3) is 0 Å². The van der Waals surface area contributed by atoms with Crippen molar-refractivity contribution < 1.29 is 9.84 Å². The minimum Gasteiger partial charge on any atom is -0.392 e. The molecule has 13 heavy (non-hydrogen) atoms. The highest BCUT2D eigenvalue weighted by Crippen LogP contribution is 2.35. The molecule has 1 rings (SSSR count). The van der Waals surface area contributed by atoms with Gasteiger partial charge in [0.05, 0.1) is 18.3 Å². The first-order chi connectivity index (χ1) is 6.07. The number of hydrogen-bond donors (Lipinski definition) is 1. The third-order valence-corrected chi connectivity index (χ3v) is 3.09. The predicted molar refractivity (Wildman–Crippen MR) is 52.1 cm³/mol. The zero-order valence-corrected chi connectivity index (χ0v) is 8.53. The van der Waals surface area contributed by atoms with E-state index in [4.69, 9.17) is 11.2 Å². The first-order valence-electron chi connectivity index (χ1n) is 4.85. The number of aliphatic hydroxyl groups excluding tert-OH is 1. The summed E-state index contributed by atoms with van der Waals surface area (Å²) < 4.78 is 5.62. The van der Waals surface area contributed by atoms with E-state index in [0.29, 0.717) is 12.3 Å². The van der Waals surface area contributed by atoms with Gasteiger partial charge < -0.3 is 9.84 Å². The Morgan fingerprint density at radius 2 is 2.00 bits per heavy atom. The van der Waals surface area contributed by atoms with Crippen LogP contribution >= 0.6 is 0 Å². The maximum atomic E-state index is 9.79. The molecule has 1 aliphatic heterocycles. The Kier molecular flexibility index (Phi) is 3.35. The van der Waals surface area contributed by atoms with Gasteiger partial charge in [-0.1, -0.05) is 6.92 Å². The van der Waals surface area contributed by atoms with Crippen LogP contribution in [0, 0.1) is 24.2 Å². The van der Waals surface area contributed by atoms with Crippen LogP contribution in [0.3, 0.4) is 0 Å². The lowest BCUT2D eigenvalue weighted by molar-refractivity contribution is 0.0254. The van der Waals surface area contributed by atoms with Gasteiger partial charge in [0.1, 0.15) is 0 Å². The third-order valence-electron chi connectivity index (χ3n) is 3.09. The molecule has 0 saturated carbocycles. The van der Waals surface area contributed by atoms with Crippen LogP contribution in [0.15, 0.2) is 0 Å². The third kappa shape index (κ3) is 2.04. The normalized spacial score (nSPS) is 41.5. The second-order valence-electron chi connectivity index (χ2n) is 3.96. The smallest absolute Gasteiger partial charge is 0.0705 e. The van der Waals surface area contributed by atoms with Crippen LogP contribution in [0.2, 0.25) is 0 Å². The van der Waals surface area contributed by atoms with Crippen molar-refractivity contribution >= 4 is 0 Å². The Hall–Kier alpha value is -0.520. The molecule has 2 heteroatoms. The van der Waals surface area contributed by atoms with Crippen molar-refractivity contribution in [3.05, 3.63) is 0 Å². The van der Waals surface area contributed by atoms with Gasteiger partial charge in [-0.05, 0) is 19.8 Å². The fourth-order valence-corrected chi connectivity index (χ4v) is 2.21. The minimum absolute atomic E-state index is 0.119. The predicted octanol–water partition coefficient (Wildman–Crippen LogP) is 1.43. The van der Waals surface area contributed by atoms with E-state index in [1.165, 1.54) is 0 Å². The summed E-state index contributed by atoms with van der Waals surface area (Å²) in [4.78, 5) is 0. The van der Waals surface area contributed by atoms with E-state index in [2.05, 4.69) is 12.8 Å². The Morgan fingerprint density at radius 1 is 1.38 bits per heavy atom. The quantitative estimate of drug-likeness (QED) is 0.655. The van der Waals surface area contributed by atoms with Gasteiger partial charge in [0.15, 0.2) is 0 Å². The largest absolute Gasteiger partial charge is 0.392 e. The number of terminal acetylenes is 1. The van der Waals surface area contributed by atoms with Crippen molar-refractivity contribution in [2.45, 2.75) is 45.5 Å². The summed E-state index contributed by atoms with van der Waals surface area (Å²) in [6.07, 6.45) is 5.53. The van der Waals surface area contributed by atoms with E-state index in [1.807, 2.05) is 13.8 Å². The molecule has 5 unspecified atom stereocenters. The highest BCUT2D eigenvalue weighted by molar-refractivity contribution is 4.95. The molecule has 0 aromatic heterocycles. The Morgan fingerprint density at radius 3 is 2.38 bits per heavy atom. The summed E-state index contributed by atoms with van der Waals surface area (Å²) in [7, 11) is 0. The summed E-state index contributed by atoms with van der Waals surface area (Å²) in [5, 5.41) is 9.79. The summed E-state index contributed by atoms with van der Waals surface area (Å²) in [5.41, 5.74) is 0. The average Bonchev–Trinajstić information content (AvgIpc) is 2.27. The summed E-state index contributed by atoms with van der Waals surface area (Å²) in [6.45, 7) is 6.16. The number of aliphatic hydroxyl groups is 1. The van der Waals surface area contributed by atoms with E-state index in [1.54, 1.807) is 0 Å². The highest BCUT2D eigenvalue weighted by Gasteiger charge is 2.40. The molecule has 1 N–H and O–H groups in total. The molecule has 74 valence electrons. The molecule has 0 radical (unpaired) electrons. The lowest BCUT2D eigenvalue weighted by Crippen LogP contribution is -2.30. The van der Waals surface area contributed by atoms with Crippen LogP contribution in [-0.4, -0.2) is 23.4 Å². The molecule has 5 atom stereocenters. The first-order valence-corrected chi connectivity index (χ1v) is 4.85. The average molecular weight is 182 g/mol. The summed E-state index contributed by atoms with van der Waals surface area (Å²) in [5.74, 6) is 3.07. The van der Waals surface area contributed by atoms with Crippen LogP contribution < -0.4 is 0 Å². The summed E-state index contributed by atoms with van der Waals surface area (Å²) in [6, 6.07) is 0. The van der Waals surface area contributed by atoms with Crippen LogP contribution in [0.4, 0.5) is 0 Å². The SMILES string of the molecule is C#CCC(O)C1C(C)OC(C)C1C. The molecule has 0 aliphatic carbocycles. The topological polar surface area (TPSA) is 29.5 Å². The van der Waals surface area contributed by atoms with Gasteiger partial charge in [0.2, 0.25) is 0 Å². The fourth-order valence-electron chi connectivity index (χ4n) is 2.21. The van der Waals surface area contributed by atoms with Gasteiger partial charge in [-0.2, -0.15) is 0 Å². The Balaban J connectivity index is 2.63. The van der Waals surface area contributed by atoms with Gasteiger partial charge in [-0.25, -0.2) is 0 Å². The van der Waals surface area contributed by atoms with Crippen LogP contribution in [0.1, 0.15) is 27.2 Å². The molecular weight excluding hydrogens is 164 g/mol. The van der Waals surface area contributed by atoms with Crippen molar-refractivity contribution in [1.82, 2.24) is 0 Å². The highest BCUT2D eigenvalue weighted by atomic mass is 16.5. The van der Waals surface area contributed by atoms with Gasteiger partial charge in [0, 0.05) is 12.3 Å². The molecule has 0 aromatic rings. The molecule has 0 bridgehead atoms. The molecular formula is C11H18O2. The van der Waals surface area contributed by atoms with Gasteiger partial charge >= 0.3 is 0 Å². The lowest BCUT2D eigenvalue weighted by atomic mass is 9.84. The second kappa shape index (κ2) is 4.13. The monoisotopic (exact) mass is 182 g/mol. The molecule has 0 amide bonds. The lowest BCUT2D eigenvalue weighted by Gasteiger charge is -2.22. The van der Waals surface area contributed by atoms with Crippen LogP contribution in [-0.2, 0) is 4.74 Å². The van der Waals surface area contributed by atoms with Gasteiger partial charge in [-0.15, -0.1) is 12.3 Å². The van der Waals surface area contributed by atoms with Crippen LogP contribution in [0.25, 0.3) is 0 Å².